The molecule has 0 saturated heterocycles. The van der Waals surface area contributed by atoms with E-state index >= 15 is 0 Å². The SMILES string of the molecule is CC(C)c1cc(-c2ccc(C(C)(C)C)cc2)ccc1F.CC(C)c1cc(F)cc(-c2ccc(C(C)(C)C)cc2)c1.CC(C)c1ccc(F)c(-c2ccc(C(C)(C)C)cc2)c1.CC(C)c1cccc(-c2ccc(C(C)(C)C)cc2)c1F.CC(C)c1cccc(-c2ccc(C(C)(C)C)cc2Cl)c1.Cc1ccc(-c2cccc(C(C)C)c2)cc1.Cc1ccc(-c2cccc(C(C)C)c2)cc1.Cc1cccc(-c2cccc(C(C)C)c2)c1. The molecule has 0 aliphatic rings. The molecule has 0 unspecified atom stereocenters. The second-order valence-corrected chi connectivity index (χ2v) is 48.0. The second-order valence-electron chi connectivity index (χ2n) is 47.6. The Kier molecular flexibility index (Phi) is 43.1. The Morgan fingerprint density at radius 3 is 0.838 bits per heavy atom. The van der Waals surface area contributed by atoms with Crippen molar-refractivity contribution in [1.82, 2.24) is 0 Å². The molecule has 0 aromatic heterocycles. The molecule has 16 aromatic carbocycles. The number of hydrogen-bond donors (Lipinski definition) is 0. The lowest BCUT2D eigenvalue weighted by atomic mass is 9.86. The summed E-state index contributed by atoms with van der Waals surface area (Å²) in [5.41, 5.74) is 38.0. The van der Waals surface area contributed by atoms with Gasteiger partial charge in [0.2, 0.25) is 0 Å². The highest BCUT2D eigenvalue weighted by Crippen LogP contribution is 2.40. The van der Waals surface area contributed by atoms with Crippen LogP contribution in [-0.4, -0.2) is 0 Å². The standard InChI is InChI=1S/C19H23Cl.4C19H23F.3C16H18/c1-13(2)14-7-6-8-15(11-14)17-10-9-16(12-18(17)20)19(3,4)5;1-13(2)17-12-15(8-11-18(17)20)14-6-9-16(10-7-14)19(3,4)5;1-13(2)15-8-11-18(20)17(12-15)14-6-9-16(10-7-14)19(3,4)5;1-13(2)15-10-16(12-18(20)11-15)14-6-8-17(9-7-14)19(3,4)5;1-13(2)16-7-6-8-17(18(16)20)14-9-11-15(12-10-14)19(3,4)5;1-12(2)14-7-5-9-16(11-14)15-8-4-6-13(3)10-15;2*1-12(2)15-5-4-6-16(11-15)14-9-7-13(3)8-10-14/h5*6-13H,1-5H3;3*4-12H,1-3H3. The van der Waals surface area contributed by atoms with Gasteiger partial charge < -0.3 is 0 Å². The molecule has 776 valence electrons. The second kappa shape index (κ2) is 53.6. The minimum absolute atomic E-state index is 0.0917. The lowest BCUT2D eigenvalue weighted by Crippen LogP contribution is -2.10. The normalized spacial score (nSPS) is 11.6. The molecule has 0 aliphatic carbocycles. The van der Waals surface area contributed by atoms with E-state index in [0.29, 0.717) is 46.6 Å². The number of hydrogen-bond acceptors (Lipinski definition) is 0. The maximum atomic E-state index is 14.5. The molecule has 0 saturated carbocycles. The third kappa shape index (κ3) is 35.6. The Morgan fingerprint density at radius 1 is 0.182 bits per heavy atom. The zero-order valence-corrected chi connectivity index (χ0v) is 96.3. The van der Waals surface area contributed by atoms with Crippen molar-refractivity contribution in [3.63, 3.8) is 0 Å². The van der Waals surface area contributed by atoms with E-state index in [2.05, 4.69) is 475 Å². The summed E-state index contributed by atoms with van der Waals surface area (Å²) in [6, 6.07) is 123. The van der Waals surface area contributed by atoms with Crippen LogP contribution >= 0.6 is 11.6 Å². The van der Waals surface area contributed by atoms with Crippen LogP contribution in [0.1, 0.15) is 351 Å². The zero-order chi connectivity index (χ0) is 109. The Morgan fingerprint density at radius 2 is 0.473 bits per heavy atom. The van der Waals surface area contributed by atoms with E-state index in [0.717, 1.165) is 60.7 Å². The molecule has 0 radical (unpaired) electrons. The van der Waals surface area contributed by atoms with Gasteiger partial charge in [0, 0.05) is 21.7 Å². The molecule has 0 N–H and O–H groups in total. The predicted molar refractivity (Wildman–Crippen MR) is 640 cm³/mol. The van der Waals surface area contributed by atoms with Crippen molar-refractivity contribution in [2.75, 3.05) is 0 Å². The smallest absolute Gasteiger partial charge is 0.134 e. The number of halogens is 5. The monoisotopic (exact) mass is 2000 g/mol. The van der Waals surface area contributed by atoms with Gasteiger partial charge >= 0.3 is 0 Å². The fraction of sp³-hybridized carbons (Fsp3) is 0.329. The van der Waals surface area contributed by atoms with E-state index in [1.165, 1.54) is 111 Å². The number of rotatable bonds is 16. The minimum atomic E-state index is -0.161. The summed E-state index contributed by atoms with van der Waals surface area (Å²) in [7, 11) is 0. The summed E-state index contributed by atoms with van der Waals surface area (Å²) in [4.78, 5) is 0. The molecule has 0 bridgehead atoms. The van der Waals surface area contributed by atoms with Crippen LogP contribution in [0.25, 0.3) is 89.0 Å². The maximum absolute atomic E-state index is 14.5. The van der Waals surface area contributed by atoms with Gasteiger partial charge in [-0.25, -0.2) is 17.6 Å². The molecule has 148 heavy (non-hydrogen) atoms. The van der Waals surface area contributed by atoms with Crippen molar-refractivity contribution >= 4 is 11.6 Å². The molecule has 0 heterocycles. The van der Waals surface area contributed by atoms with Gasteiger partial charge in [0.15, 0.2) is 0 Å². The first-order valence-corrected chi connectivity index (χ1v) is 53.8. The lowest BCUT2D eigenvalue weighted by molar-refractivity contribution is 0.590. The van der Waals surface area contributed by atoms with Gasteiger partial charge in [0.1, 0.15) is 23.3 Å². The summed E-state index contributed by atoms with van der Waals surface area (Å²) < 4.78 is 56.1. The van der Waals surface area contributed by atoms with E-state index in [1.54, 1.807) is 24.3 Å². The van der Waals surface area contributed by atoms with Crippen LogP contribution < -0.4 is 0 Å². The van der Waals surface area contributed by atoms with E-state index < -0.39 is 0 Å². The van der Waals surface area contributed by atoms with Crippen LogP contribution in [0.5, 0.6) is 0 Å². The molecule has 0 amide bonds. The van der Waals surface area contributed by atoms with Crippen molar-refractivity contribution < 1.29 is 17.6 Å². The van der Waals surface area contributed by atoms with Crippen LogP contribution in [0.3, 0.4) is 0 Å². The first-order valence-electron chi connectivity index (χ1n) is 53.5. The molecule has 16 rings (SSSR count). The van der Waals surface area contributed by atoms with Crippen molar-refractivity contribution in [3.05, 3.63) is 475 Å². The van der Waals surface area contributed by atoms with Crippen LogP contribution in [0.4, 0.5) is 17.6 Å². The molecular weight excluding hydrogens is 1830 g/mol. The third-order valence-corrected chi connectivity index (χ3v) is 27.6. The topological polar surface area (TPSA) is 0 Å². The predicted octanol–water partition coefficient (Wildman–Crippen LogP) is 44.4. The highest BCUT2D eigenvalue weighted by molar-refractivity contribution is 6.33. The zero-order valence-electron chi connectivity index (χ0n) is 95.6. The third-order valence-electron chi connectivity index (χ3n) is 27.3. The van der Waals surface area contributed by atoms with Crippen LogP contribution in [0.15, 0.2) is 358 Å². The highest BCUT2D eigenvalue weighted by atomic mass is 35.5. The van der Waals surface area contributed by atoms with Gasteiger partial charge in [-0.1, -0.05) is 558 Å². The van der Waals surface area contributed by atoms with Crippen LogP contribution in [-0.2, 0) is 27.1 Å². The van der Waals surface area contributed by atoms with Gasteiger partial charge in [0.05, 0.1) is 0 Å². The van der Waals surface area contributed by atoms with Crippen molar-refractivity contribution in [1.29, 1.82) is 0 Å². The summed E-state index contributed by atoms with van der Waals surface area (Å²) in [5, 5.41) is 0.832. The average molecular weight is 2000 g/mol. The van der Waals surface area contributed by atoms with E-state index in [9.17, 15) is 17.6 Å². The molecular formula is C143H169ClF4. The molecule has 0 nitrogen and oxygen atoms in total. The summed E-state index contributed by atoms with van der Waals surface area (Å²) >= 11 is 6.50. The average Bonchev–Trinajstić information content (AvgIpc) is 0.811. The summed E-state index contributed by atoms with van der Waals surface area (Å²) in [5.74, 6) is 2.90. The molecule has 16 aromatic rings. The number of benzene rings is 16. The van der Waals surface area contributed by atoms with Gasteiger partial charge in [-0.05, 0) is 282 Å². The Hall–Kier alpha value is -12.5. The first-order chi connectivity index (χ1) is 69.4. The summed E-state index contributed by atoms with van der Waals surface area (Å²) in [6.45, 7) is 73.6. The largest absolute Gasteiger partial charge is 0.207 e. The number of aryl methyl sites for hydroxylation is 3. The van der Waals surface area contributed by atoms with Crippen molar-refractivity contribution in [3.8, 4) is 89.0 Å². The van der Waals surface area contributed by atoms with Gasteiger partial charge in [-0.15, -0.1) is 0 Å². The molecule has 0 aliphatic heterocycles. The Balaban J connectivity index is 0.000000188. The molecule has 0 spiro atoms. The van der Waals surface area contributed by atoms with Crippen molar-refractivity contribution in [2.24, 2.45) is 0 Å². The fourth-order valence-corrected chi connectivity index (χ4v) is 17.4. The first kappa shape index (κ1) is 119. The molecule has 5 heteroatoms. The molecule has 0 atom stereocenters. The van der Waals surface area contributed by atoms with E-state index in [1.807, 2.05) is 94.4 Å². The Labute approximate surface area is 896 Å². The lowest BCUT2D eigenvalue weighted by Gasteiger charge is -2.20. The van der Waals surface area contributed by atoms with Crippen molar-refractivity contribution in [2.45, 2.75) is 310 Å². The van der Waals surface area contributed by atoms with E-state index in [4.69, 9.17) is 11.6 Å². The van der Waals surface area contributed by atoms with Crippen LogP contribution in [0, 0.1) is 44.0 Å². The van der Waals surface area contributed by atoms with E-state index in [-0.39, 0.29) is 62.2 Å². The fourth-order valence-electron chi connectivity index (χ4n) is 17.1. The van der Waals surface area contributed by atoms with Gasteiger partial charge in [0.25, 0.3) is 0 Å². The quantitative estimate of drug-likeness (QED) is 0.0846. The van der Waals surface area contributed by atoms with Gasteiger partial charge in [-0.3, -0.25) is 0 Å². The summed E-state index contributed by atoms with van der Waals surface area (Å²) in [6.07, 6.45) is 0. The minimum Gasteiger partial charge on any atom is -0.207 e. The maximum Gasteiger partial charge on any atom is 0.134 e. The Bertz CT molecular complexity index is 6710. The van der Waals surface area contributed by atoms with Crippen LogP contribution in [0.2, 0.25) is 5.02 Å². The van der Waals surface area contributed by atoms with Gasteiger partial charge in [-0.2, -0.15) is 0 Å². The molecule has 0 fully saturated rings. The highest BCUT2D eigenvalue weighted by Gasteiger charge is 2.23.